The van der Waals surface area contributed by atoms with Crippen molar-refractivity contribution in [2.45, 2.75) is 18.9 Å². The molecule has 0 spiro atoms. The number of amidine groups is 1. The van der Waals surface area contributed by atoms with Gasteiger partial charge in [0.05, 0.1) is 24.3 Å². The van der Waals surface area contributed by atoms with Crippen LogP contribution in [0, 0.1) is 0 Å². The van der Waals surface area contributed by atoms with Gasteiger partial charge < -0.3 is 15.2 Å². The monoisotopic (exact) mass is 314 g/mol. The molecule has 0 radical (unpaired) electrons. The van der Waals surface area contributed by atoms with Gasteiger partial charge in [0.2, 0.25) is 0 Å². The van der Waals surface area contributed by atoms with Crippen molar-refractivity contribution in [2.24, 2.45) is 10.7 Å². The van der Waals surface area contributed by atoms with Gasteiger partial charge >= 0.3 is 0 Å². The van der Waals surface area contributed by atoms with Crippen LogP contribution in [-0.2, 0) is 4.74 Å². The minimum atomic E-state index is 0.244. The number of benzene rings is 1. The van der Waals surface area contributed by atoms with E-state index in [2.05, 4.69) is 4.99 Å². The zero-order valence-corrected chi connectivity index (χ0v) is 12.8. The van der Waals surface area contributed by atoms with Gasteiger partial charge in [-0.1, -0.05) is 35.5 Å². The second-order valence-corrected chi connectivity index (χ2v) is 5.96. The van der Waals surface area contributed by atoms with Crippen LogP contribution >= 0.6 is 23.4 Å². The van der Waals surface area contributed by atoms with Crippen molar-refractivity contribution >= 4 is 28.5 Å². The largest absolute Gasteiger partial charge is 0.491 e. The number of thioether (sulfide) groups is 1. The molecule has 0 saturated carbocycles. The van der Waals surface area contributed by atoms with Gasteiger partial charge in [-0.05, 0) is 25.0 Å². The second kappa shape index (κ2) is 8.39. The number of hydrogen-bond acceptors (Lipinski definition) is 4. The summed E-state index contributed by atoms with van der Waals surface area (Å²) in [6.07, 6.45) is 2.45. The van der Waals surface area contributed by atoms with Crippen molar-refractivity contribution in [3.63, 3.8) is 0 Å². The Morgan fingerprint density at radius 1 is 1.50 bits per heavy atom. The van der Waals surface area contributed by atoms with Crippen LogP contribution in [0.1, 0.15) is 12.8 Å². The number of nitrogens with two attached hydrogens (primary N) is 1. The predicted octanol–water partition coefficient (Wildman–Crippen LogP) is 2.95. The number of hydrogen-bond donors (Lipinski definition) is 1. The lowest BCUT2D eigenvalue weighted by molar-refractivity contribution is 0.118. The van der Waals surface area contributed by atoms with Crippen LogP contribution in [0.5, 0.6) is 5.75 Å². The Bertz CT molecular complexity index is 451. The number of para-hydroxylation sites is 1. The first kappa shape index (κ1) is 15.5. The first-order chi connectivity index (χ1) is 9.75. The van der Waals surface area contributed by atoms with E-state index in [9.17, 15) is 0 Å². The smallest absolute Gasteiger partial charge is 0.154 e. The van der Waals surface area contributed by atoms with Crippen molar-refractivity contribution in [3.8, 4) is 5.75 Å². The van der Waals surface area contributed by atoms with Crippen LogP contribution in [0.25, 0.3) is 0 Å². The molecule has 20 heavy (non-hydrogen) atoms. The summed E-state index contributed by atoms with van der Waals surface area (Å²) in [6, 6.07) is 7.43. The fourth-order valence-corrected chi connectivity index (χ4v) is 2.62. The average Bonchev–Trinajstić information content (AvgIpc) is 2.96. The summed E-state index contributed by atoms with van der Waals surface area (Å²) in [5.41, 5.74) is 5.84. The molecule has 1 aromatic rings. The van der Waals surface area contributed by atoms with Crippen LogP contribution in [0.15, 0.2) is 29.3 Å². The Morgan fingerprint density at radius 2 is 2.35 bits per heavy atom. The summed E-state index contributed by atoms with van der Waals surface area (Å²) in [6.45, 7) is 2.05. The summed E-state index contributed by atoms with van der Waals surface area (Å²) in [7, 11) is 0. The molecule has 6 heteroatoms. The van der Waals surface area contributed by atoms with Crippen molar-refractivity contribution in [3.05, 3.63) is 29.3 Å². The van der Waals surface area contributed by atoms with Crippen LogP contribution in [0.4, 0.5) is 0 Å². The van der Waals surface area contributed by atoms with E-state index in [0.29, 0.717) is 29.1 Å². The summed E-state index contributed by atoms with van der Waals surface area (Å²) in [4.78, 5) is 4.32. The van der Waals surface area contributed by atoms with Crippen LogP contribution in [-0.4, -0.2) is 36.8 Å². The highest BCUT2D eigenvalue weighted by Gasteiger charge is 2.14. The molecule has 1 atom stereocenters. The van der Waals surface area contributed by atoms with Crippen molar-refractivity contribution < 1.29 is 9.47 Å². The lowest BCUT2D eigenvalue weighted by Crippen LogP contribution is -2.15. The maximum Gasteiger partial charge on any atom is 0.154 e. The second-order valence-electron chi connectivity index (χ2n) is 4.44. The Kier molecular flexibility index (Phi) is 6.50. The first-order valence-electron chi connectivity index (χ1n) is 6.67. The molecule has 0 amide bonds. The highest BCUT2D eigenvalue weighted by atomic mass is 35.5. The third kappa shape index (κ3) is 5.23. The third-order valence-corrected chi connectivity index (χ3v) is 4.01. The highest BCUT2D eigenvalue weighted by Crippen LogP contribution is 2.23. The zero-order chi connectivity index (χ0) is 14.2. The molecule has 1 saturated heterocycles. The van der Waals surface area contributed by atoms with Crippen LogP contribution in [0.2, 0.25) is 5.02 Å². The molecular formula is C14H19ClN2O2S. The number of halogens is 1. The van der Waals surface area contributed by atoms with Gasteiger partial charge in [-0.25, -0.2) is 0 Å². The Hall–Kier alpha value is -0.910. The van der Waals surface area contributed by atoms with Crippen molar-refractivity contribution in [1.82, 2.24) is 0 Å². The van der Waals surface area contributed by atoms with E-state index in [0.717, 1.165) is 25.2 Å². The Balaban J connectivity index is 1.62. The number of nitrogens with zero attached hydrogens (tertiary/aromatic N) is 1. The molecular weight excluding hydrogens is 296 g/mol. The number of ether oxygens (including phenoxy) is 2. The molecule has 1 aliphatic heterocycles. The van der Waals surface area contributed by atoms with Gasteiger partial charge in [0.1, 0.15) is 5.75 Å². The minimum Gasteiger partial charge on any atom is -0.491 e. The fraction of sp³-hybridized carbons (Fsp3) is 0.500. The van der Waals surface area contributed by atoms with E-state index < -0.39 is 0 Å². The summed E-state index contributed by atoms with van der Waals surface area (Å²) < 4.78 is 11.1. The summed E-state index contributed by atoms with van der Waals surface area (Å²) >= 11 is 7.48. The van der Waals surface area contributed by atoms with Crippen LogP contribution in [0.3, 0.4) is 0 Å². The van der Waals surface area contributed by atoms with Crippen LogP contribution < -0.4 is 10.5 Å². The van der Waals surface area contributed by atoms with Gasteiger partial charge in [-0.3, -0.25) is 4.99 Å². The molecule has 0 bridgehead atoms. The van der Waals surface area contributed by atoms with Crippen molar-refractivity contribution in [2.75, 3.05) is 25.5 Å². The molecule has 1 fully saturated rings. The van der Waals surface area contributed by atoms with E-state index in [4.69, 9.17) is 26.8 Å². The standard InChI is InChI=1S/C14H19ClN2O2S/c15-12-5-1-2-6-13(12)19-8-9-20-14(16)17-10-11-4-3-7-18-11/h1-2,5-6,11H,3-4,7-10H2,(H2,16,17)/t11-/m0/s1. The topological polar surface area (TPSA) is 56.8 Å². The van der Waals surface area contributed by atoms with Gasteiger partial charge in [0.15, 0.2) is 5.17 Å². The lowest BCUT2D eigenvalue weighted by atomic mass is 10.2. The first-order valence-corrected chi connectivity index (χ1v) is 8.03. The molecule has 0 unspecified atom stereocenters. The zero-order valence-electron chi connectivity index (χ0n) is 11.3. The molecule has 0 aromatic heterocycles. The number of rotatable bonds is 6. The molecule has 2 rings (SSSR count). The quantitative estimate of drug-likeness (QED) is 0.498. The number of aliphatic imine (C=N–C) groups is 1. The highest BCUT2D eigenvalue weighted by molar-refractivity contribution is 8.13. The SMILES string of the molecule is NC(=NC[C@@H]1CCCO1)SCCOc1ccccc1Cl. The third-order valence-electron chi connectivity index (χ3n) is 2.90. The maximum atomic E-state index is 5.99. The Morgan fingerprint density at radius 3 is 3.10 bits per heavy atom. The normalized spacial score (nSPS) is 19.2. The van der Waals surface area contributed by atoms with E-state index in [-0.39, 0.29) is 6.10 Å². The van der Waals surface area contributed by atoms with E-state index in [1.54, 1.807) is 6.07 Å². The Labute approximate surface area is 128 Å². The van der Waals surface area contributed by atoms with E-state index >= 15 is 0 Å². The van der Waals surface area contributed by atoms with Crippen molar-refractivity contribution in [1.29, 1.82) is 0 Å². The molecule has 0 aliphatic carbocycles. The molecule has 110 valence electrons. The molecule has 1 heterocycles. The summed E-state index contributed by atoms with van der Waals surface area (Å²) in [5.74, 6) is 1.44. The molecule has 4 nitrogen and oxygen atoms in total. The average molecular weight is 315 g/mol. The fourth-order valence-electron chi connectivity index (χ4n) is 1.89. The van der Waals surface area contributed by atoms with Gasteiger partial charge in [-0.15, -0.1) is 0 Å². The molecule has 1 aliphatic rings. The van der Waals surface area contributed by atoms with E-state index in [1.165, 1.54) is 11.8 Å². The predicted molar refractivity (Wildman–Crippen MR) is 84.9 cm³/mol. The van der Waals surface area contributed by atoms with Gasteiger partial charge in [0, 0.05) is 12.4 Å². The van der Waals surface area contributed by atoms with Gasteiger partial charge in [0.25, 0.3) is 0 Å². The molecule has 2 N–H and O–H groups in total. The lowest BCUT2D eigenvalue weighted by Gasteiger charge is -2.08. The maximum absolute atomic E-state index is 5.99. The minimum absolute atomic E-state index is 0.244. The molecule has 1 aromatic carbocycles. The van der Waals surface area contributed by atoms with E-state index in [1.807, 2.05) is 18.2 Å². The van der Waals surface area contributed by atoms with Gasteiger partial charge in [-0.2, -0.15) is 0 Å². The summed E-state index contributed by atoms with van der Waals surface area (Å²) in [5, 5.41) is 1.21.